The molecule has 1 atom stereocenters. The molecule has 5 nitrogen and oxygen atoms in total. The Hall–Kier alpha value is -3.67. The number of fused-ring (bicyclic) bond motifs is 1. The Labute approximate surface area is 224 Å². The number of amides is 1. The van der Waals surface area contributed by atoms with Gasteiger partial charge in [0.1, 0.15) is 23.7 Å². The molecule has 1 heterocycles. The quantitative estimate of drug-likeness (QED) is 0.340. The second-order valence-electron chi connectivity index (χ2n) is 10.8. The van der Waals surface area contributed by atoms with Gasteiger partial charge in [-0.15, -0.1) is 0 Å². The van der Waals surface area contributed by atoms with Gasteiger partial charge in [0, 0.05) is 25.8 Å². The van der Waals surface area contributed by atoms with Crippen molar-refractivity contribution in [2.24, 2.45) is 0 Å². The van der Waals surface area contributed by atoms with Crippen LogP contribution in [-0.4, -0.2) is 40.6 Å². The number of carboxylic acid groups (broad SMARTS) is 1. The first-order chi connectivity index (χ1) is 18.1. The van der Waals surface area contributed by atoms with Gasteiger partial charge >= 0.3 is 5.97 Å². The molecule has 0 spiro atoms. The van der Waals surface area contributed by atoms with Gasteiger partial charge in [0.05, 0.1) is 0 Å². The van der Waals surface area contributed by atoms with Crippen LogP contribution in [0.5, 0.6) is 5.75 Å². The number of benzene rings is 3. The van der Waals surface area contributed by atoms with E-state index in [1.54, 1.807) is 12.1 Å². The summed E-state index contributed by atoms with van der Waals surface area (Å²) in [6, 6.07) is 20.9. The zero-order valence-corrected chi connectivity index (χ0v) is 22.4. The van der Waals surface area contributed by atoms with Crippen LogP contribution in [-0.2, 0) is 35.3 Å². The van der Waals surface area contributed by atoms with Crippen LogP contribution in [0.15, 0.2) is 66.7 Å². The van der Waals surface area contributed by atoms with E-state index < -0.39 is 5.97 Å². The molecule has 0 saturated heterocycles. The monoisotopic (exact) mass is 517 g/mol. The highest BCUT2D eigenvalue weighted by Gasteiger charge is 2.35. The molecule has 0 aromatic heterocycles. The average Bonchev–Trinajstić information content (AvgIpc) is 3.20. The lowest BCUT2D eigenvalue weighted by molar-refractivity contribution is -0.144. The highest BCUT2D eigenvalue weighted by molar-refractivity contribution is 5.81. The van der Waals surface area contributed by atoms with Crippen molar-refractivity contribution in [1.82, 2.24) is 4.90 Å². The van der Waals surface area contributed by atoms with Crippen molar-refractivity contribution in [3.05, 3.63) is 100 Å². The average molecular weight is 518 g/mol. The Morgan fingerprint density at radius 1 is 1.00 bits per heavy atom. The summed E-state index contributed by atoms with van der Waals surface area (Å²) in [5.74, 6) is -0.259. The number of ether oxygens (including phenoxy) is 1. The molecule has 0 aliphatic carbocycles. The number of rotatable bonds is 11. The molecule has 0 bridgehead atoms. The number of hydrogen-bond donors (Lipinski definition) is 1. The van der Waals surface area contributed by atoms with E-state index >= 15 is 0 Å². The molecule has 200 valence electrons. The largest absolute Gasteiger partial charge is 0.487 e. The van der Waals surface area contributed by atoms with Crippen LogP contribution in [0.1, 0.15) is 60.9 Å². The minimum absolute atomic E-state index is 0.204. The summed E-state index contributed by atoms with van der Waals surface area (Å²) in [7, 11) is 0. The number of aryl methyl sites for hydroxylation is 1. The first-order valence-electron chi connectivity index (χ1n) is 13.2. The van der Waals surface area contributed by atoms with E-state index in [9.17, 15) is 19.1 Å². The Bertz CT molecular complexity index is 1290. The predicted molar refractivity (Wildman–Crippen MR) is 146 cm³/mol. The molecule has 38 heavy (non-hydrogen) atoms. The van der Waals surface area contributed by atoms with Gasteiger partial charge in [0.2, 0.25) is 5.91 Å². The standard InChI is InChI=1S/C32H36FNO4/c1-22(2)26-11-7-25(8-12-26)19-32(3)20-27-17-24(9-13-29(27)38-32)10-14-30(35)34(21-31(36)37)16-15-23-5-4-6-28(33)18-23/h4-9,11-13,17-18,22H,10,14-16,19-21H2,1-3H3,(H,36,37)/t32-/m1/s1. The van der Waals surface area contributed by atoms with E-state index in [2.05, 4.69) is 51.1 Å². The summed E-state index contributed by atoms with van der Waals surface area (Å²) < 4.78 is 19.8. The number of halogens is 1. The number of nitrogens with zero attached hydrogens (tertiary/aromatic N) is 1. The maximum absolute atomic E-state index is 13.5. The zero-order chi connectivity index (χ0) is 27.3. The first-order valence-corrected chi connectivity index (χ1v) is 13.2. The summed E-state index contributed by atoms with van der Waals surface area (Å²) in [6.45, 7) is 6.37. The van der Waals surface area contributed by atoms with Crippen LogP contribution in [0.2, 0.25) is 0 Å². The topological polar surface area (TPSA) is 66.8 Å². The van der Waals surface area contributed by atoms with Crippen LogP contribution in [0.3, 0.4) is 0 Å². The number of aliphatic carboxylic acids is 1. The fraction of sp³-hybridized carbons (Fsp3) is 0.375. The van der Waals surface area contributed by atoms with Crippen molar-refractivity contribution in [2.75, 3.05) is 13.1 Å². The highest BCUT2D eigenvalue weighted by atomic mass is 19.1. The smallest absolute Gasteiger partial charge is 0.323 e. The summed E-state index contributed by atoms with van der Waals surface area (Å²) in [5.41, 5.74) is 5.12. The molecule has 0 unspecified atom stereocenters. The maximum atomic E-state index is 13.5. The van der Waals surface area contributed by atoms with E-state index in [-0.39, 0.29) is 36.8 Å². The fourth-order valence-corrected chi connectivity index (χ4v) is 5.10. The third-order valence-corrected chi connectivity index (χ3v) is 7.14. The molecule has 1 aliphatic heterocycles. The Morgan fingerprint density at radius 3 is 2.39 bits per heavy atom. The minimum atomic E-state index is -1.06. The first kappa shape index (κ1) is 27.4. The van der Waals surface area contributed by atoms with Gasteiger partial charge in [-0.25, -0.2) is 4.39 Å². The van der Waals surface area contributed by atoms with Crippen LogP contribution in [0, 0.1) is 5.82 Å². The molecule has 0 radical (unpaired) electrons. The predicted octanol–water partition coefficient (Wildman–Crippen LogP) is 5.97. The lowest BCUT2D eigenvalue weighted by Gasteiger charge is -2.24. The van der Waals surface area contributed by atoms with Gasteiger partial charge in [-0.05, 0) is 71.7 Å². The molecule has 0 fully saturated rings. The van der Waals surface area contributed by atoms with Crippen molar-refractivity contribution < 1.29 is 23.8 Å². The van der Waals surface area contributed by atoms with Crippen molar-refractivity contribution >= 4 is 11.9 Å². The molecule has 3 aromatic carbocycles. The molecule has 1 aliphatic rings. The van der Waals surface area contributed by atoms with Crippen LogP contribution in [0.4, 0.5) is 4.39 Å². The van der Waals surface area contributed by atoms with Crippen molar-refractivity contribution in [1.29, 1.82) is 0 Å². The Kier molecular flexibility index (Phi) is 8.50. The molecule has 3 aromatic rings. The maximum Gasteiger partial charge on any atom is 0.323 e. The van der Waals surface area contributed by atoms with Gasteiger partial charge in [0.25, 0.3) is 0 Å². The van der Waals surface area contributed by atoms with Gasteiger partial charge in [-0.3, -0.25) is 9.59 Å². The summed E-state index contributed by atoms with van der Waals surface area (Å²) in [5, 5.41) is 9.29. The lowest BCUT2D eigenvalue weighted by atomic mass is 9.90. The van der Waals surface area contributed by atoms with Gasteiger partial charge < -0.3 is 14.7 Å². The fourth-order valence-electron chi connectivity index (χ4n) is 5.10. The van der Waals surface area contributed by atoms with Crippen molar-refractivity contribution in [3.8, 4) is 5.75 Å². The Balaban J connectivity index is 1.35. The van der Waals surface area contributed by atoms with Gasteiger partial charge in [-0.2, -0.15) is 0 Å². The molecular formula is C32H36FNO4. The van der Waals surface area contributed by atoms with E-state index in [0.29, 0.717) is 18.8 Å². The molecule has 0 saturated carbocycles. The second-order valence-corrected chi connectivity index (χ2v) is 10.8. The summed E-state index contributed by atoms with van der Waals surface area (Å²) in [4.78, 5) is 25.6. The number of carbonyl (C=O) groups excluding carboxylic acids is 1. The summed E-state index contributed by atoms with van der Waals surface area (Å²) in [6.07, 6.45) is 2.70. The van der Waals surface area contributed by atoms with Crippen molar-refractivity contribution in [3.63, 3.8) is 0 Å². The van der Waals surface area contributed by atoms with Crippen LogP contribution in [0.25, 0.3) is 0 Å². The number of carbonyl (C=O) groups is 2. The third-order valence-electron chi connectivity index (χ3n) is 7.14. The molecule has 6 heteroatoms. The molecule has 1 amide bonds. The van der Waals surface area contributed by atoms with Crippen molar-refractivity contribution in [2.45, 2.75) is 64.4 Å². The van der Waals surface area contributed by atoms with E-state index in [1.165, 1.54) is 28.2 Å². The van der Waals surface area contributed by atoms with E-state index in [1.807, 2.05) is 12.1 Å². The van der Waals surface area contributed by atoms with E-state index in [4.69, 9.17) is 4.74 Å². The highest BCUT2D eigenvalue weighted by Crippen LogP contribution is 2.37. The SMILES string of the molecule is CC(C)c1ccc(C[C@]2(C)Cc3cc(CCC(=O)N(CCc4cccc(F)c4)CC(=O)O)ccc3O2)cc1. The van der Waals surface area contributed by atoms with E-state index in [0.717, 1.165) is 35.3 Å². The van der Waals surface area contributed by atoms with Crippen LogP contribution >= 0.6 is 0 Å². The molecule has 1 N–H and O–H groups in total. The third kappa shape index (κ3) is 7.21. The zero-order valence-electron chi connectivity index (χ0n) is 22.4. The minimum Gasteiger partial charge on any atom is -0.487 e. The number of carboxylic acids is 1. The molecule has 4 rings (SSSR count). The molecular weight excluding hydrogens is 481 g/mol. The second kappa shape index (κ2) is 11.8. The number of hydrogen-bond acceptors (Lipinski definition) is 3. The lowest BCUT2D eigenvalue weighted by Crippen LogP contribution is -2.37. The van der Waals surface area contributed by atoms with Gasteiger partial charge in [0.15, 0.2) is 0 Å². The summed E-state index contributed by atoms with van der Waals surface area (Å²) >= 11 is 0. The normalized spacial score (nSPS) is 16.2. The van der Waals surface area contributed by atoms with Gasteiger partial charge in [-0.1, -0.05) is 62.4 Å². The Morgan fingerprint density at radius 2 is 1.71 bits per heavy atom. The van der Waals surface area contributed by atoms with Crippen LogP contribution < -0.4 is 4.74 Å².